The third-order valence-electron chi connectivity index (χ3n) is 2.68. The van der Waals surface area contributed by atoms with Crippen LogP contribution >= 0.6 is 0 Å². The van der Waals surface area contributed by atoms with Gasteiger partial charge in [0.2, 0.25) is 0 Å². The molecule has 16 heavy (non-hydrogen) atoms. The first-order chi connectivity index (χ1) is 7.77. The third kappa shape index (κ3) is 2.46. The summed E-state index contributed by atoms with van der Waals surface area (Å²) in [7, 11) is 1.96. The second-order valence-corrected chi connectivity index (χ2v) is 3.80. The maximum absolute atomic E-state index is 4.25. The van der Waals surface area contributed by atoms with Gasteiger partial charge in [-0.15, -0.1) is 0 Å². The molecule has 0 unspecified atom stereocenters. The first kappa shape index (κ1) is 10.8. The number of nitrogens with zero attached hydrogens (tertiary/aromatic N) is 3. The summed E-state index contributed by atoms with van der Waals surface area (Å²) in [5.74, 6) is 0. The zero-order valence-corrected chi connectivity index (χ0v) is 9.64. The lowest BCUT2D eigenvalue weighted by Gasteiger charge is -2.03. The van der Waals surface area contributed by atoms with Crippen molar-refractivity contribution < 1.29 is 0 Å². The third-order valence-corrected chi connectivity index (χ3v) is 2.68. The molecule has 2 heterocycles. The highest BCUT2D eigenvalue weighted by Crippen LogP contribution is 2.05. The van der Waals surface area contributed by atoms with Crippen molar-refractivity contribution >= 4 is 0 Å². The Morgan fingerprint density at radius 2 is 2.19 bits per heavy atom. The van der Waals surface area contributed by atoms with Crippen LogP contribution in [0.2, 0.25) is 0 Å². The number of pyridine rings is 1. The second kappa shape index (κ2) is 4.90. The molecule has 84 valence electrons. The Hall–Kier alpha value is -1.68. The molecule has 1 N–H and O–H groups in total. The Bertz CT molecular complexity index is 447. The van der Waals surface area contributed by atoms with Gasteiger partial charge in [-0.3, -0.25) is 9.67 Å². The van der Waals surface area contributed by atoms with Crippen molar-refractivity contribution in [3.05, 3.63) is 47.5 Å². The lowest BCUT2D eigenvalue weighted by atomic mass is 10.2. The summed E-state index contributed by atoms with van der Waals surface area (Å²) in [6.07, 6.45) is 3.72. The van der Waals surface area contributed by atoms with E-state index in [0.29, 0.717) is 0 Å². The van der Waals surface area contributed by atoms with Crippen molar-refractivity contribution in [1.82, 2.24) is 20.1 Å². The Labute approximate surface area is 95.3 Å². The van der Waals surface area contributed by atoms with E-state index in [0.717, 1.165) is 18.8 Å². The van der Waals surface area contributed by atoms with Gasteiger partial charge < -0.3 is 5.32 Å². The molecule has 0 aliphatic heterocycles. The minimum Gasteiger partial charge on any atom is -0.307 e. The number of hydrogen-bond acceptors (Lipinski definition) is 3. The number of aromatic nitrogens is 3. The number of aryl methyl sites for hydroxylation is 1. The highest BCUT2D eigenvalue weighted by molar-refractivity contribution is 5.15. The van der Waals surface area contributed by atoms with Gasteiger partial charge in [0.15, 0.2) is 0 Å². The molecule has 0 aliphatic carbocycles. The molecule has 0 spiro atoms. The molecule has 0 bridgehead atoms. The lowest BCUT2D eigenvalue weighted by Crippen LogP contribution is -2.14. The van der Waals surface area contributed by atoms with Gasteiger partial charge in [0.25, 0.3) is 0 Å². The van der Waals surface area contributed by atoms with Crippen LogP contribution in [0.1, 0.15) is 17.0 Å². The predicted octanol–water partition coefficient (Wildman–Crippen LogP) is 1.41. The molecular formula is C12H16N4. The Balaban J connectivity index is 1.87. The van der Waals surface area contributed by atoms with Crippen molar-refractivity contribution in [3.8, 4) is 0 Å². The summed E-state index contributed by atoms with van der Waals surface area (Å²) in [5.41, 5.74) is 3.50. The fourth-order valence-electron chi connectivity index (χ4n) is 1.55. The lowest BCUT2D eigenvalue weighted by molar-refractivity contribution is 0.673. The molecule has 2 aromatic heterocycles. The van der Waals surface area contributed by atoms with Crippen LogP contribution in [0.5, 0.6) is 0 Å². The van der Waals surface area contributed by atoms with Gasteiger partial charge in [-0.25, -0.2) is 0 Å². The molecule has 0 aromatic carbocycles. The van der Waals surface area contributed by atoms with Crippen LogP contribution < -0.4 is 5.32 Å². The topological polar surface area (TPSA) is 42.7 Å². The monoisotopic (exact) mass is 216 g/mol. The molecule has 4 nitrogen and oxygen atoms in total. The Kier molecular flexibility index (Phi) is 3.31. The standard InChI is InChI=1S/C12H16N4/c1-10-11(8-15-16(10)2)7-13-9-12-5-3-4-6-14-12/h3-6,8,13H,7,9H2,1-2H3. The van der Waals surface area contributed by atoms with Crippen LogP contribution in [0.4, 0.5) is 0 Å². The Morgan fingerprint density at radius 3 is 2.81 bits per heavy atom. The molecule has 0 radical (unpaired) electrons. The average molecular weight is 216 g/mol. The van der Waals surface area contributed by atoms with Gasteiger partial charge in [-0.2, -0.15) is 5.10 Å². The number of nitrogens with one attached hydrogen (secondary N) is 1. The van der Waals surface area contributed by atoms with E-state index in [1.807, 2.05) is 42.3 Å². The van der Waals surface area contributed by atoms with Crippen LogP contribution in [0, 0.1) is 6.92 Å². The fraction of sp³-hybridized carbons (Fsp3) is 0.333. The molecular weight excluding hydrogens is 200 g/mol. The smallest absolute Gasteiger partial charge is 0.0541 e. The normalized spacial score (nSPS) is 10.6. The molecule has 0 saturated heterocycles. The van der Waals surface area contributed by atoms with Crippen LogP contribution in [-0.4, -0.2) is 14.8 Å². The summed E-state index contributed by atoms with van der Waals surface area (Å²) in [6, 6.07) is 5.94. The summed E-state index contributed by atoms with van der Waals surface area (Å²) < 4.78 is 1.89. The fourth-order valence-corrected chi connectivity index (χ4v) is 1.55. The van der Waals surface area contributed by atoms with E-state index in [4.69, 9.17) is 0 Å². The van der Waals surface area contributed by atoms with Crippen molar-refractivity contribution in [2.45, 2.75) is 20.0 Å². The quantitative estimate of drug-likeness (QED) is 0.840. The van der Waals surface area contributed by atoms with E-state index >= 15 is 0 Å². The summed E-state index contributed by atoms with van der Waals surface area (Å²) >= 11 is 0. The second-order valence-electron chi connectivity index (χ2n) is 3.80. The average Bonchev–Trinajstić information content (AvgIpc) is 2.62. The van der Waals surface area contributed by atoms with Gasteiger partial charge >= 0.3 is 0 Å². The van der Waals surface area contributed by atoms with E-state index in [1.165, 1.54) is 11.3 Å². The van der Waals surface area contributed by atoms with Crippen LogP contribution in [-0.2, 0) is 20.1 Å². The van der Waals surface area contributed by atoms with E-state index in [9.17, 15) is 0 Å². The molecule has 0 atom stereocenters. The van der Waals surface area contributed by atoms with Gasteiger partial charge in [-0.1, -0.05) is 6.07 Å². The first-order valence-electron chi connectivity index (χ1n) is 5.35. The molecule has 2 rings (SSSR count). The first-order valence-corrected chi connectivity index (χ1v) is 5.35. The van der Waals surface area contributed by atoms with Gasteiger partial charge in [-0.05, 0) is 19.1 Å². The van der Waals surface area contributed by atoms with Crippen molar-refractivity contribution in [1.29, 1.82) is 0 Å². The van der Waals surface area contributed by atoms with E-state index in [1.54, 1.807) is 0 Å². The molecule has 0 aliphatic rings. The predicted molar refractivity (Wildman–Crippen MR) is 62.7 cm³/mol. The van der Waals surface area contributed by atoms with Crippen molar-refractivity contribution in [3.63, 3.8) is 0 Å². The SMILES string of the molecule is Cc1c(CNCc2ccccn2)cnn1C. The summed E-state index contributed by atoms with van der Waals surface area (Å²) in [4.78, 5) is 4.25. The molecule has 2 aromatic rings. The minimum atomic E-state index is 0.787. The van der Waals surface area contributed by atoms with E-state index in [2.05, 4.69) is 22.3 Å². The van der Waals surface area contributed by atoms with E-state index in [-0.39, 0.29) is 0 Å². The highest BCUT2D eigenvalue weighted by Gasteiger charge is 2.02. The number of hydrogen-bond donors (Lipinski definition) is 1. The van der Waals surface area contributed by atoms with Gasteiger partial charge in [0.05, 0.1) is 11.9 Å². The van der Waals surface area contributed by atoms with Gasteiger partial charge in [0.1, 0.15) is 0 Å². The Morgan fingerprint density at radius 1 is 1.31 bits per heavy atom. The number of rotatable bonds is 4. The van der Waals surface area contributed by atoms with Gasteiger partial charge in [0, 0.05) is 37.6 Å². The van der Waals surface area contributed by atoms with Crippen LogP contribution in [0.15, 0.2) is 30.6 Å². The van der Waals surface area contributed by atoms with Crippen LogP contribution in [0.3, 0.4) is 0 Å². The molecule has 0 amide bonds. The molecule has 0 saturated carbocycles. The van der Waals surface area contributed by atoms with Crippen LogP contribution in [0.25, 0.3) is 0 Å². The van der Waals surface area contributed by atoms with Crippen molar-refractivity contribution in [2.75, 3.05) is 0 Å². The minimum absolute atomic E-state index is 0.787. The van der Waals surface area contributed by atoms with Crippen molar-refractivity contribution in [2.24, 2.45) is 7.05 Å². The zero-order valence-electron chi connectivity index (χ0n) is 9.64. The summed E-state index contributed by atoms with van der Waals surface area (Å²) in [6.45, 7) is 3.69. The molecule has 4 heteroatoms. The highest BCUT2D eigenvalue weighted by atomic mass is 15.3. The zero-order chi connectivity index (χ0) is 11.4. The largest absolute Gasteiger partial charge is 0.307 e. The van der Waals surface area contributed by atoms with E-state index < -0.39 is 0 Å². The molecule has 0 fully saturated rings. The summed E-state index contributed by atoms with van der Waals surface area (Å²) in [5, 5.41) is 7.56. The maximum atomic E-state index is 4.25. The maximum Gasteiger partial charge on any atom is 0.0541 e.